The standard InChI is InChI=1S/C14H19N3O2/c18-13(19)14(6-3-7-14)8-15-12-10-4-1-2-5-11(10)16-9-17-12/h9H,1-8H2,(H,18,19)(H,15,16,17). The quantitative estimate of drug-likeness (QED) is 0.867. The van der Waals surface area contributed by atoms with E-state index in [2.05, 4.69) is 15.3 Å². The number of carbonyl (C=O) groups is 1. The van der Waals surface area contributed by atoms with Gasteiger partial charge in [-0.2, -0.15) is 0 Å². The molecule has 0 spiro atoms. The minimum atomic E-state index is -0.686. The van der Waals surface area contributed by atoms with Gasteiger partial charge in [0.25, 0.3) is 0 Å². The molecule has 1 fully saturated rings. The van der Waals surface area contributed by atoms with Crippen LogP contribution in [0.5, 0.6) is 0 Å². The van der Waals surface area contributed by atoms with Crippen LogP contribution in [0.25, 0.3) is 0 Å². The third kappa shape index (κ3) is 2.17. The number of aromatic nitrogens is 2. The summed E-state index contributed by atoms with van der Waals surface area (Å²) in [6, 6.07) is 0. The second kappa shape index (κ2) is 4.79. The average Bonchev–Trinajstić information content (AvgIpc) is 2.37. The molecular weight excluding hydrogens is 242 g/mol. The van der Waals surface area contributed by atoms with Gasteiger partial charge in [-0.05, 0) is 38.5 Å². The Morgan fingerprint density at radius 3 is 2.74 bits per heavy atom. The number of anilines is 1. The number of carboxylic acids is 1. The highest BCUT2D eigenvalue weighted by atomic mass is 16.4. The molecule has 0 saturated heterocycles. The van der Waals surface area contributed by atoms with Gasteiger partial charge in [0.2, 0.25) is 0 Å². The molecule has 0 amide bonds. The summed E-state index contributed by atoms with van der Waals surface area (Å²) in [4.78, 5) is 20.0. The fourth-order valence-electron chi connectivity index (χ4n) is 3.00. The van der Waals surface area contributed by atoms with Crippen LogP contribution in [0, 0.1) is 5.41 Å². The summed E-state index contributed by atoms with van der Waals surface area (Å²) in [7, 11) is 0. The van der Waals surface area contributed by atoms with Gasteiger partial charge in [-0.3, -0.25) is 4.79 Å². The van der Waals surface area contributed by atoms with Crippen molar-refractivity contribution in [2.75, 3.05) is 11.9 Å². The Labute approximate surface area is 112 Å². The van der Waals surface area contributed by atoms with Crippen molar-refractivity contribution in [1.29, 1.82) is 0 Å². The number of hydrogen-bond donors (Lipinski definition) is 2. The monoisotopic (exact) mass is 261 g/mol. The molecule has 0 atom stereocenters. The van der Waals surface area contributed by atoms with Gasteiger partial charge >= 0.3 is 5.97 Å². The lowest BCUT2D eigenvalue weighted by atomic mass is 9.69. The molecule has 102 valence electrons. The number of carboxylic acid groups (broad SMARTS) is 1. The van der Waals surface area contributed by atoms with Crippen LogP contribution >= 0.6 is 0 Å². The fourth-order valence-corrected chi connectivity index (χ4v) is 3.00. The van der Waals surface area contributed by atoms with Crippen LogP contribution in [0.15, 0.2) is 6.33 Å². The molecule has 0 aromatic carbocycles. The molecule has 5 nitrogen and oxygen atoms in total. The van der Waals surface area contributed by atoms with Gasteiger partial charge in [0.1, 0.15) is 12.1 Å². The number of fused-ring (bicyclic) bond motifs is 1. The van der Waals surface area contributed by atoms with E-state index in [0.717, 1.165) is 43.6 Å². The lowest BCUT2D eigenvalue weighted by Crippen LogP contribution is -2.44. The van der Waals surface area contributed by atoms with Gasteiger partial charge < -0.3 is 10.4 Å². The zero-order chi connectivity index (χ0) is 13.3. The molecule has 0 aliphatic heterocycles. The lowest BCUT2D eigenvalue weighted by Gasteiger charge is -2.38. The van der Waals surface area contributed by atoms with Crippen molar-refractivity contribution in [3.8, 4) is 0 Å². The molecule has 1 aromatic heterocycles. The van der Waals surface area contributed by atoms with Gasteiger partial charge in [-0.25, -0.2) is 9.97 Å². The Bertz CT molecular complexity index is 497. The summed E-state index contributed by atoms with van der Waals surface area (Å²) in [5.74, 6) is 0.159. The van der Waals surface area contributed by atoms with Crippen LogP contribution in [0.2, 0.25) is 0 Å². The van der Waals surface area contributed by atoms with Crippen LogP contribution < -0.4 is 5.32 Å². The van der Waals surface area contributed by atoms with E-state index in [4.69, 9.17) is 0 Å². The van der Waals surface area contributed by atoms with Crippen molar-refractivity contribution >= 4 is 11.8 Å². The van der Waals surface area contributed by atoms with Crippen LogP contribution in [-0.4, -0.2) is 27.6 Å². The van der Waals surface area contributed by atoms with Crippen molar-refractivity contribution in [2.45, 2.75) is 44.9 Å². The number of nitrogens with one attached hydrogen (secondary N) is 1. The van der Waals surface area contributed by atoms with E-state index in [0.29, 0.717) is 6.54 Å². The largest absolute Gasteiger partial charge is 0.481 e. The van der Waals surface area contributed by atoms with Crippen LogP contribution in [0.3, 0.4) is 0 Å². The molecule has 0 bridgehead atoms. The lowest BCUT2D eigenvalue weighted by molar-refractivity contribution is -0.153. The highest BCUT2D eigenvalue weighted by molar-refractivity contribution is 5.76. The molecule has 0 radical (unpaired) electrons. The second-order valence-corrected chi connectivity index (χ2v) is 5.65. The van der Waals surface area contributed by atoms with Crippen molar-refractivity contribution in [3.63, 3.8) is 0 Å². The molecule has 1 saturated carbocycles. The first-order valence-electron chi connectivity index (χ1n) is 7.01. The molecule has 0 unspecified atom stereocenters. The van der Waals surface area contributed by atoms with E-state index in [1.165, 1.54) is 18.4 Å². The van der Waals surface area contributed by atoms with Crippen molar-refractivity contribution in [1.82, 2.24) is 9.97 Å². The summed E-state index contributed by atoms with van der Waals surface area (Å²) in [6.07, 6.45) is 8.48. The van der Waals surface area contributed by atoms with E-state index in [9.17, 15) is 9.90 Å². The maximum absolute atomic E-state index is 11.3. The molecule has 2 aliphatic rings. The summed E-state index contributed by atoms with van der Waals surface area (Å²) < 4.78 is 0. The number of aryl methyl sites for hydroxylation is 1. The smallest absolute Gasteiger partial charge is 0.311 e. The molecule has 1 heterocycles. The summed E-state index contributed by atoms with van der Waals surface area (Å²) in [5.41, 5.74) is 1.74. The van der Waals surface area contributed by atoms with Crippen LogP contribution in [0.4, 0.5) is 5.82 Å². The maximum Gasteiger partial charge on any atom is 0.311 e. The first-order valence-corrected chi connectivity index (χ1v) is 7.01. The van der Waals surface area contributed by atoms with E-state index >= 15 is 0 Å². The highest BCUT2D eigenvalue weighted by Gasteiger charge is 2.44. The molecule has 1 aromatic rings. The second-order valence-electron chi connectivity index (χ2n) is 5.65. The Kier molecular flexibility index (Phi) is 3.12. The third-order valence-electron chi connectivity index (χ3n) is 4.48. The number of nitrogens with zero attached hydrogens (tertiary/aromatic N) is 2. The zero-order valence-corrected chi connectivity index (χ0v) is 11.0. The predicted molar refractivity (Wildman–Crippen MR) is 71.1 cm³/mol. The average molecular weight is 261 g/mol. The minimum absolute atomic E-state index is 0.478. The van der Waals surface area contributed by atoms with Crippen molar-refractivity contribution < 1.29 is 9.90 Å². The fraction of sp³-hybridized carbons (Fsp3) is 0.643. The van der Waals surface area contributed by atoms with E-state index < -0.39 is 11.4 Å². The topological polar surface area (TPSA) is 75.1 Å². The number of aliphatic carboxylic acids is 1. The SMILES string of the molecule is O=C(O)C1(CNc2ncnc3c2CCCC3)CCC1. The molecule has 2 aliphatic carbocycles. The van der Waals surface area contributed by atoms with Gasteiger partial charge in [0.15, 0.2) is 0 Å². The minimum Gasteiger partial charge on any atom is -0.481 e. The Morgan fingerprint density at radius 2 is 2.05 bits per heavy atom. The van der Waals surface area contributed by atoms with Gasteiger partial charge in [0.05, 0.1) is 5.41 Å². The van der Waals surface area contributed by atoms with E-state index in [1.54, 1.807) is 6.33 Å². The zero-order valence-electron chi connectivity index (χ0n) is 11.0. The number of hydrogen-bond acceptors (Lipinski definition) is 4. The first-order chi connectivity index (χ1) is 9.21. The highest BCUT2D eigenvalue weighted by Crippen LogP contribution is 2.41. The third-order valence-corrected chi connectivity index (χ3v) is 4.48. The van der Waals surface area contributed by atoms with Crippen molar-refractivity contribution in [3.05, 3.63) is 17.6 Å². The molecule has 3 rings (SSSR count). The maximum atomic E-state index is 11.3. The first kappa shape index (κ1) is 12.4. The van der Waals surface area contributed by atoms with Gasteiger partial charge in [-0.1, -0.05) is 6.42 Å². The van der Waals surface area contributed by atoms with Gasteiger partial charge in [-0.15, -0.1) is 0 Å². The predicted octanol–water partition coefficient (Wildman–Crippen LogP) is 2.02. The molecular formula is C14H19N3O2. The normalized spacial score (nSPS) is 20.2. The molecule has 5 heteroatoms. The summed E-state index contributed by atoms with van der Waals surface area (Å²) in [6.45, 7) is 0.478. The molecule has 19 heavy (non-hydrogen) atoms. The summed E-state index contributed by atoms with van der Waals surface area (Å²) >= 11 is 0. The van der Waals surface area contributed by atoms with Crippen LogP contribution in [0.1, 0.15) is 43.4 Å². The molecule has 2 N–H and O–H groups in total. The number of rotatable bonds is 4. The Balaban J connectivity index is 1.75. The van der Waals surface area contributed by atoms with Crippen molar-refractivity contribution in [2.24, 2.45) is 5.41 Å². The van der Waals surface area contributed by atoms with Gasteiger partial charge in [0, 0.05) is 17.8 Å². The Hall–Kier alpha value is -1.65. The van der Waals surface area contributed by atoms with E-state index in [-0.39, 0.29) is 0 Å². The summed E-state index contributed by atoms with van der Waals surface area (Å²) in [5, 5.41) is 12.6. The Morgan fingerprint density at radius 1 is 1.26 bits per heavy atom. The van der Waals surface area contributed by atoms with Crippen LogP contribution in [-0.2, 0) is 17.6 Å². The van der Waals surface area contributed by atoms with E-state index in [1.807, 2.05) is 0 Å².